The first-order valence-corrected chi connectivity index (χ1v) is 9.12. The molecule has 0 aliphatic carbocycles. The molecule has 23 heavy (non-hydrogen) atoms. The van der Waals surface area contributed by atoms with E-state index in [4.69, 9.17) is 0 Å². The van der Waals surface area contributed by atoms with Crippen LogP contribution in [-0.4, -0.2) is 34.5 Å². The lowest BCUT2D eigenvalue weighted by molar-refractivity contribution is -0.115. The Labute approximate surface area is 143 Å². The summed E-state index contributed by atoms with van der Waals surface area (Å²) in [4.78, 5) is 31.3. The van der Waals surface area contributed by atoms with Crippen LogP contribution in [0, 0.1) is 6.92 Å². The summed E-state index contributed by atoms with van der Waals surface area (Å²) in [6, 6.07) is 5.48. The van der Waals surface area contributed by atoms with Crippen molar-refractivity contribution in [2.75, 3.05) is 18.1 Å². The van der Waals surface area contributed by atoms with Gasteiger partial charge in [0.15, 0.2) is 0 Å². The predicted molar refractivity (Wildman–Crippen MR) is 93.1 cm³/mol. The van der Waals surface area contributed by atoms with Gasteiger partial charge in [-0.15, -0.1) is 23.1 Å². The minimum absolute atomic E-state index is 0.00727. The van der Waals surface area contributed by atoms with Gasteiger partial charge < -0.3 is 10.2 Å². The molecule has 1 aliphatic rings. The topological polar surface area (TPSA) is 62.3 Å². The smallest absolute Gasteiger partial charge is 0.254 e. The second-order valence-corrected chi connectivity index (χ2v) is 7.58. The van der Waals surface area contributed by atoms with Crippen molar-refractivity contribution in [1.82, 2.24) is 9.88 Å². The van der Waals surface area contributed by atoms with E-state index in [2.05, 4.69) is 10.3 Å². The number of thioether (sulfide) groups is 1. The minimum atomic E-state index is -0.0815. The zero-order chi connectivity index (χ0) is 16.4. The summed E-state index contributed by atoms with van der Waals surface area (Å²) in [5, 5.41) is 5.83. The number of nitrogens with one attached hydrogen (secondary N) is 1. The Morgan fingerprint density at radius 1 is 1.43 bits per heavy atom. The summed E-state index contributed by atoms with van der Waals surface area (Å²) in [7, 11) is 1.76. The van der Waals surface area contributed by atoms with Gasteiger partial charge >= 0.3 is 0 Å². The molecule has 2 aromatic rings. The average Bonchev–Trinajstić information content (AvgIpc) is 2.82. The number of nitrogens with zero attached hydrogens (tertiary/aromatic N) is 2. The first kappa shape index (κ1) is 16.0. The normalized spacial score (nSPS) is 13.9. The van der Waals surface area contributed by atoms with Crippen molar-refractivity contribution >= 4 is 40.6 Å². The molecule has 0 spiro atoms. The van der Waals surface area contributed by atoms with Crippen LogP contribution in [0.2, 0.25) is 0 Å². The maximum Gasteiger partial charge on any atom is 0.254 e. The lowest BCUT2D eigenvalue weighted by Crippen LogP contribution is -2.26. The van der Waals surface area contributed by atoms with Gasteiger partial charge in [0.2, 0.25) is 5.91 Å². The van der Waals surface area contributed by atoms with E-state index in [-0.39, 0.29) is 11.8 Å². The van der Waals surface area contributed by atoms with Crippen LogP contribution in [0.4, 0.5) is 5.69 Å². The molecular formula is C16H17N3O2S2. The SMILES string of the molecule is Cc1nc(CN(C)C(=O)c2ccc3c(c2)NC(=O)CCS3)cs1. The van der Waals surface area contributed by atoms with Crippen LogP contribution in [0.5, 0.6) is 0 Å². The summed E-state index contributed by atoms with van der Waals surface area (Å²) < 4.78 is 0. The minimum Gasteiger partial charge on any atom is -0.336 e. The fourth-order valence-corrected chi connectivity index (χ4v) is 3.91. The van der Waals surface area contributed by atoms with Gasteiger partial charge in [-0.05, 0) is 25.1 Å². The second kappa shape index (κ2) is 6.72. The van der Waals surface area contributed by atoms with Gasteiger partial charge in [0.05, 0.1) is 22.9 Å². The van der Waals surface area contributed by atoms with Crippen LogP contribution in [-0.2, 0) is 11.3 Å². The Hall–Kier alpha value is -1.86. The largest absolute Gasteiger partial charge is 0.336 e. The first-order valence-electron chi connectivity index (χ1n) is 7.26. The van der Waals surface area contributed by atoms with Crippen molar-refractivity contribution in [3.8, 4) is 0 Å². The standard InChI is InChI=1S/C16H17N3O2S2/c1-10-17-12(9-23-10)8-19(2)16(21)11-3-4-14-13(7-11)18-15(20)5-6-22-14/h3-4,7,9H,5-6,8H2,1-2H3,(H,18,20). The number of aryl methyl sites for hydroxylation is 1. The summed E-state index contributed by atoms with van der Waals surface area (Å²) >= 11 is 3.21. The molecule has 0 radical (unpaired) electrons. The number of amides is 2. The molecule has 120 valence electrons. The fraction of sp³-hybridized carbons (Fsp3) is 0.312. The molecule has 1 aromatic heterocycles. The second-order valence-electron chi connectivity index (χ2n) is 5.38. The third kappa shape index (κ3) is 3.73. The third-order valence-corrected chi connectivity index (χ3v) is 5.40. The third-order valence-electron chi connectivity index (χ3n) is 3.50. The molecule has 0 bridgehead atoms. The molecule has 1 N–H and O–H groups in total. The number of hydrogen-bond acceptors (Lipinski definition) is 5. The van der Waals surface area contributed by atoms with Crippen LogP contribution in [0.25, 0.3) is 0 Å². The van der Waals surface area contributed by atoms with Crippen LogP contribution in [0.15, 0.2) is 28.5 Å². The quantitative estimate of drug-likeness (QED) is 0.926. The van der Waals surface area contributed by atoms with Crippen molar-refractivity contribution in [3.63, 3.8) is 0 Å². The highest BCUT2D eigenvalue weighted by Gasteiger charge is 2.18. The van der Waals surface area contributed by atoms with E-state index in [9.17, 15) is 9.59 Å². The van der Waals surface area contributed by atoms with Crippen LogP contribution < -0.4 is 5.32 Å². The Morgan fingerprint density at radius 3 is 3.00 bits per heavy atom. The summed E-state index contributed by atoms with van der Waals surface area (Å²) in [5.41, 5.74) is 2.18. The maximum absolute atomic E-state index is 12.6. The van der Waals surface area contributed by atoms with E-state index in [1.165, 1.54) is 0 Å². The number of benzene rings is 1. The highest BCUT2D eigenvalue weighted by molar-refractivity contribution is 7.99. The zero-order valence-electron chi connectivity index (χ0n) is 13.0. The van der Waals surface area contributed by atoms with Gasteiger partial charge in [-0.3, -0.25) is 9.59 Å². The molecule has 0 unspecified atom stereocenters. The molecule has 5 nitrogen and oxygen atoms in total. The number of thiazole rings is 1. The van der Waals surface area contributed by atoms with Crippen molar-refractivity contribution in [2.24, 2.45) is 0 Å². The van der Waals surface area contributed by atoms with Gasteiger partial charge in [-0.25, -0.2) is 4.98 Å². The zero-order valence-corrected chi connectivity index (χ0v) is 14.6. The summed E-state index contributed by atoms with van der Waals surface area (Å²) in [5.74, 6) is 0.670. The van der Waals surface area contributed by atoms with Crippen LogP contribution in [0.1, 0.15) is 27.5 Å². The summed E-state index contributed by atoms with van der Waals surface area (Å²) in [6.45, 7) is 2.42. The Balaban J connectivity index is 1.78. The molecule has 1 aliphatic heterocycles. The number of carbonyl (C=O) groups excluding carboxylic acids is 2. The molecule has 0 fully saturated rings. The van der Waals surface area contributed by atoms with Crippen molar-refractivity contribution in [1.29, 1.82) is 0 Å². The highest BCUT2D eigenvalue weighted by atomic mass is 32.2. The summed E-state index contributed by atoms with van der Waals surface area (Å²) in [6.07, 6.45) is 0.492. The molecule has 0 saturated carbocycles. The molecule has 0 saturated heterocycles. The number of hydrogen-bond donors (Lipinski definition) is 1. The number of fused-ring (bicyclic) bond motifs is 1. The maximum atomic E-state index is 12.6. The Bertz CT molecular complexity index is 758. The van der Waals surface area contributed by atoms with E-state index in [1.807, 2.05) is 24.4 Å². The molecule has 7 heteroatoms. The number of aromatic nitrogens is 1. The molecule has 0 atom stereocenters. The lowest BCUT2D eigenvalue weighted by Gasteiger charge is -2.17. The average molecular weight is 347 g/mol. The number of rotatable bonds is 3. The van der Waals surface area contributed by atoms with E-state index in [0.29, 0.717) is 18.5 Å². The van der Waals surface area contributed by atoms with E-state index in [1.54, 1.807) is 41.1 Å². The van der Waals surface area contributed by atoms with Gasteiger partial charge in [-0.1, -0.05) is 0 Å². The molecule has 3 rings (SSSR count). The first-order chi connectivity index (χ1) is 11.0. The fourth-order valence-electron chi connectivity index (χ4n) is 2.37. The van der Waals surface area contributed by atoms with E-state index in [0.717, 1.165) is 27.0 Å². The predicted octanol–water partition coefficient (Wildman–Crippen LogP) is 3.16. The van der Waals surface area contributed by atoms with Gasteiger partial charge in [0.1, 0.15) is 0 Å². The molecule has 2 amide bonds. The molecule has 2 heterocycles. The molecule has 1 aromatic carbocycles. The van der Waals surface area contributed by atoms with Crippen LogP contribution >= 0.6 is 23.1 Å². The van der Waals surface area contributed by atoms with Crippen LogP contribution in [0.3, 0.4) is 0 Å². The number of anilines is 1. The Morgan fingerprint density at radius 2 is 2.26 bits per heavy atom. The Kier molecular flexibility index (Phi) is 4.68. The highest BCUT2D eigenvalue weighted by Crippen LogP contribution is 2.31. The van der Waals surface area contributed by atoms with E-state index < -0.39 is 0 Å². The van der Waals surface area contributed by atoms with Gasteiger partial charge in [0.25, 0.3) is 5.91 Å². The monoisotopic (exact) mass is 347 g/mol. The van der Waals surface area contributed by atoms with Crippen molar-refractivity contribution in [3.05, 3.63) is 39.8 Å². The number of carbonyl (C=O) groups is 2. The lowest BCUT2D eigenvalue weighted by atomic mass is 10.1. The van der Waals surface area contributed by atoms with Gasteiger partial charge in [-0.2, -0.15) is 0 Å². The van der Waals surface area contributed by atoms with Gasteiger partial charge in [0, 0.05) is 35.1 Å². The van der Waals surface area contributed by atoms with Crippen molar-refractivity contribution < 1.29 is 9.59 Å². The molecular weight excluding hydrogens is 330 g/mol. The van der Waals surface area contributed by atoms with E-state index >= 15 is 0 Å². The van der Waals surface area contributed by atoms with Crippen molar-refractivity contribution in [2.45, 2.75) is 24.8 Å².